The number of anilines is 1. The monoisotopic (exact) mass is 555 g/mol. The number of nitrogens with zero attached hydrogens (tertiary/aromatic N) is 1. The molecule has 5 aliphatic rings. The number of carbonyl (C=O) groups is 1. The summed E-state index contributed by atoms with van der Waals surface area (Å²) in [7, 11) is 2.43. The largest absolute Gasteiger partial charge is 0.573 e. The minimum Gasteiger partial charge on any atom is -0.504 e. The van der Waals surface area contributed by atoms with E-state index in [0.717, 1.165) is 54.6 Å². The first-order valence-electron chi connectivity index (χ1n) is 14.3. The Morgan fingerprint density at radius 2 is 1.93 bits per heavy atom. The fraction of sp³-hybridized carbons (Fsp3) is 0.516. The number of likely N-dealkylation sites (tertiary alicyclic amines) is 1. The van der Waals surface area contributed by atoms with Crippen molar-refractivity contribution in [3.05, 3.63) is 64.9 Å². The third kappa shape index (κ3) is 3.99. The SMILES string of the molecule is C[N+]1(CC2CC2)CC[C@]23c4c5ccc(NC(=O)C(OC(F)(F)F)=C(O)c6ccccc6)c4O[C@H]2CCC[C@H]3[C@H]1C5. The van der Waals surface area contributed by atoms with Gasteiger partial charge in [0.2, 0.25) is 5.76 Å². The number of quaternary nitrogens is 1. The van der Waals surface area contributed by atoms with E-state index in [9.17, 15) is 23.1 Å². The van der Waals surface area contributed by atoms with Crippen molar-refractivity contribution in [3.63, 3.8) is 0 Å². The lowest BCUT2D eigenvalue weighted by molar-refractivity contribution is -0.946. The Kier molecular flexibility index (Phi) is 5.73. The van der Waals surface area contributed by atoms with Crippen LogP contribution < -0.4 is 10.1 Å². The summed E-state index contributed by atoms with van der Waals surface area (Å²) in [5.74, 6) is -1.39. The maximum atomic E-state index is 13.3. The summed E-state index contributed by atoms with van der Waals surface area (Å²) in [6, 6.07) is 11.8. The Balaban J connectivity index is 1.26. The van der Waals surface area contributed by atoms with Gasteiger partial charge in [0.15, 0.2) is 5.76 Å². The predicted molar refractivity (Wildman–Crippen MR) is 142 cm³/mol. The van der Waals surface area contributed by atoms with Crippen molar-refractivity contribution in [1.29, 1.82) is 0 Å². The fourth-order valence-corrected chi connectivity index (χ4v) is 8.43. The van der Waals surface area contributed by atoms with Gasteiger partial charge in [0.1, 0.15) is 11.9 Å². The summed E-state index contributed by atoms with van der Waals surface area (Å²) in [4.78, 5) is 13.3. The fourth-order valence-electron chi connectivity index (χ4n) is 8.43. The number of hydrogen-bond donors (Lipinski definition) is 2. The minimum atomic E-state index is -5.16. The molecule has 0 radical (unpaired) electrons. The molecule has 1 unspecified atom stereocenters. The molecule has 0 aromatic heterocycles. The molecule has 40 heavy (non-hydrogen) atoms. The third-order valence-electron chi connectivity index (χ3n) is 10.2. The first-order valence-corrected chi connectivity index (χ1v) is 14.3. The van der Waals surface area contributed by atoms with Gasteiger partial charge >= 0.3 is 6.36 Å². The van der Waals surface area contributed by atoms with E-state index in [4.69, 9.17) is 4.74 Å². The number of carbonyl (C=O) groups excluding carboxylic acids is 1. The number of halogens is 3. The molecule has 1 spiro atoms. The summed E-state index contributed by atoms with van der Waals surface area (Å²) in [6.07, 6.45) is 2.61. The van der Waals surface area contributed by atoms with Gasteiger partial charge in [0, 0.05) is 35.8 Å². The van der Waals surface area contributed by atoms with Gasteiger partial charge in [-0.3, -0.25) is 4.79 Å². The number of hydrogen-bond acceptors (Lipinski definition) is 4. The van der Waals surface area contributed by atoms with Crippen LogP contribution in [0.4, 0.5) is 18.9 Å². The Hall–Kier alpha value is -3.20. The van der Waals surface area contributed by atoms with Crippen LogP contribution in [0.15, 0.2) is 48.2 Å². The van der Waals surface area contributed by atoms with Crippen LogP contribution in [0, 0.1) is 11.8 Å². The van der Waals surface area contributed by atoms with E-state index in [1.807, 2.05) is 6.07 Å². The number of rotatable bonds is 6. The van der Waals surface area contributed by atoms with Crippen LogP contribution in [0.2, 0.25) is 0 Å². The molecule has 3 fully saturated rings. The molecule has 2 heterocycles. The maximum Gasteiger partial charge on any atom is 0.573 e. The van der Waals surface area contributed by atoms with E-state index in [1.165, 1.54) is 37.1 Å². The van der Waals surface area contributed by atoms with Crippen LogP contribution >= 0.6 is 0 Å². The number of aliphatic hydroxyl groups excluding tert-OH is 1. The molecule has 2 bridgehead atoms. The third-order valence-corrected chi connectivity index (χ3v) is 10.2. The molecule has 2 aromatic rings. The van der Waals surface area contributed by atoms with Gasteiger partial charge in [-0.1, -0.05) is 36.4 Å². The number of likely N-dealkylation sites (N-methyl/N-ethyl adjacent to an activating group) is 1. The van der Waals surface area contributed by atoms with E-state index >= 15 is 0 Å². The molecule has 212 valence electrons. The second kappa shape index (κ2) is 8.90. The van der Waals surface area contributed by atoms with Crippen molar-refractivity contribution in [3.8, 4) is 5.75 Å². The summed E-state index contributed by atoms with van der Waals surface area (Å²) >= 11 is 0. The molecular formula is C31H34F3N2O4+. The molecule has 1 amide bonds. The lowest BCUT2D eigenvalue weighted by Crippen LogP contribution is -2.70. The van der Waals surface area contributed by atoms with Gasteiger partial charge in [-0.25, -0.2) is 0 Å². The number of alkyl halides is 3. The van der Waals surface area contributed by atoms with Gasteiger partial charge < -0.3 is 24.4 Å². The van der Waals surface area contributed by atoms with Crippen LogP contribution in [-0.4, -0.2) is 54.1 Å². The normalized spacial score (nSPS) is 32.5. The van der Waals surface area contributed by atoms with Crippen molar-refractivity contribution in [2.45, 2.75) is 68.9 Å². The molecule has 6 nitrogen and oxygen atoms in total. The second-order valence-corrected chi connectivity index (χ2v) is 12.6. The number of nitrogens with one attached hydrogen (secondary N) is 1. The number of aliphatic hydroxyl groups is 1. The highest BCUT2D eigenvalue weighted by Gasteiger charge is 2.67. The van der Waals surface area contributed by atoms with Gasteiger partial charge in [0.05, 0.1) is 37.3 Å². The maximum absolute atomic E-state index is 13.3. The van der Waals surface area contributed by atoms with Crippen LogP contribution in [-0.2, 0) is 21.4 Å². The summed E-state index contributed by atoms with van der Waals surface area (Å²) in [5, 5.41) is 13.2. The minimum absolute atomic E-state index is 0.00492. The highest BCUT2D eigenvalue weighted by atomic mass is 19.4. The molecule has 9 heteroatoms. The molecule has 7 rings (SSSR count). The van der Waals surface area contributed by atoms with E-state index in [-0.39, 0.29) is 17.1 Å². The van der Waals surface area contributed by atoms with Crippen LogP contribution in [0.5, 0.6) is 5.75 Å². The lowest BCUT2D eigenvalue weighted by Gasteiger charge is -2.61. The Morgan fingerprint density at radius 1 is 1.15 bits per heavy atom. The van der Waals surface area contributed by atoms with E-state index in [1.54, 1.807) is 24.3 Å². The van der Waals surface area contributed by atoms with Crippen LogP contribution in [0.3, 0.4) is 0 Å². The zero-order valence-electron chi connectivity index (χ0n) is 22.5. The van der Waals surface area contributed by atoms with Gasteiger partial charge in [0.25, 0.3) is 5.91 Å². The molecule has 5 atom stereocenters. The zero-order chi connectivity index (χ0) is 27.9. The number of ether oxygens (including phenoxy) is 2. The number of piperidine rings is 1. The Bertz CT molecular complexity index is 1390. The van der Waals surface area contributed by atoms with Gasteiger partial charge in [-0.15, -0.1) is 13.2 Å². The quantitative estimate of drug-likeness (QED) is 0.258. The van der Waals surface area contributed by atoms with Crippen molar-refractivity contribution in [1.82, 2.24) is 0 Å². The smallest absolute Gasteiger partial charge is 0.504 e. The van der Waals surface area contributed by atoms with Crippen LogP contribution in [0.1, 0.15) is 55.2 Å². The first-order chi connectivity index (χ1) is 19.1. The average Bonchev–Trinajstić information content (AvgIpc) is 3.67. The topological polar surface area (TPSA) is 67.8 Å². The molecular weight excluding hydrogens is 521 g/mol. The first kappa shape index (κ1) is 25.7. The van der Waals surface area contributed by atoms with E-state index < -0.39 is 23.8 Å². The van der Waals surface area contributed by atoms with Crippen molar-refractivity contribution in [2.24, 2.45) is 11.8 Å². The summed E-state index contributed by atoms with van der Waals surface area (Å²) < 4.78 is 51.7. The van der Waals surface area contributed by atoms with Crippen molar-refractivity contribution >= 4 is 17.4 Å². The van der Waals surface area contributed by atoms with E-state index in [0.29, 0.717) is 23.4 Å². The van der Waals surface area contributed by atoms with Crippen LogP contribution in [0.25, 0.3) is 5.76 Å². The number of amides is 1. The highest BCUT2D eigenvalue weighted by Crippen LogP contribution is 2.64. The van der Waals surface area contributed by atoms with Gasteiger partial charge in [-0.2, -0.15) is 0 Å². The van der Waals surface area contributed by atoms with Crippen molar-refractivity contribution in [2.75, 3.05) is 25.5 Å². The van der Waals surface area contributed by atoms with Gasteiger partial charge in [-0.05, 0) is 43.7 Å². The average molecular weight is 556 g/mol. The Morgan fingerprint density at radius 3 is 2.65 bits per heavy atom. The Labute approximate surface area is 231 Å². The molecule has 2 aromatic carbocycles. The summed E-state index contributed by atoms with van der Waals surface area (Å²) in [6.45, 7) is 2.32. The summed E-state index contributed by atoms with van der Waals surface area (Å²) in [5.41, 5.74) is 2.60. The molecule has 3 aliphatic carbocycles. The zero-order valence-corrected chi connectivity index (χ0v) is 22.5. The lowest BCUT2D eigenvalue weighted by atomic mass is 9.51. The molecule has 1 saturated heterocycles. The number of benzene rings is 2. The molecule has 2 saturated carbocycles. The van der Waals surface area contributed by atoms with Crippen molar-refractivity contribution < 1.29 is 37.0 Å². The predicted octanol–water partition coefficient (Wildman–Crippen LogP) is 6.07. The molecule has 2 aliphatic heterocycles. The molecule has 2 N–H and O–H groups in total. The second-order valence-electron chi connectivity index (χ2n) is 12.6. The highest BCUT2D eigenvalue weighted by molar-refractivity contribution is 6.07. The van der Waals surface area contributed by atoms with E-state index in [2.05, 4.69) is 17.1 Å². The standard InChI is InChI=1S/C31H33F3N2O4/c1-36(17-18-10-11-18)15-14-30-21-8-5-9-24(30)39-27-22(13-12-20(25(27)30)16-23(21)36)35-29(38)28(40-31(32,33)34)26(37)19-6-3-2-4-7-19/h2-4,6-7,12-13,18,21,23-24H,5,8-11,14-17H2,1H3,(H-,35,37,38)/p+1/t21-,23+,24-,30+,36?/m0/s1.